The van der Waals surface area contributed by atoms with Gasteiger partial charge in [0.2, 0.25) is 0 Å². The first-order chi connectivity index (χ1) is 6.15. The van der Waals surface area contributed by atoms with Crippen LogP contribution >= 0.6 is 15.9 Å². The van der Waals surface area contributed by atoms with Crippen LogP contribution in [0.4, 0.5) is 4.79 Å². The Morgan fingerprint density at radius 3 is 3.00 bits per heavy atom. The lowest BCUT2D eigenvalue weighted by Crippen LogP contribution is -2.44. The number of halogens is 1. The summed E-state index contributed by atoms with van der Waals surface area (Å²) in [5.74, 6) is 0.0410. The first kappa shape index (κ1) is 10.5. The molecule has 1 aliphatic heterocycles. The molecular weight excluding hydrogens is 238 g/mol. The average Bonchev–Trinajstić information content (AvgIpc) is 2.10. The maximum atomic E-state index is 11.2. The summed E-state index contributed by atoms with van der Waals surface area (Å²) >= 11 is 3.24. The Labute approximate surface area is 85.4 Å². The van der Waals surface area contributed by atoms with Crippen molar-refractivity contribution >= 4 is 27.8 Å². The average molecular weight is 250 g/mol. The molecule has 0 saturated carbocycles. The largest absolute Gasteiger partial charge is 0.450 e. The SMILES string of the molecule is CCOC(=O)N1CCC(Br)C(=O)C1. The number of rotatable bonds is 1. The van der Waals surface area contributed by atoms with E-state index in [1.807, 2.05) is 0 Å². The third-order valence-corrected chi connectivity index (χ3v) is 2.84. The molecule has 1 unspecified atom stereocenters. The van der Waals surface area contributed by atoms with Crippen molar-refractivity contribution in [1.29, 1.82) is 0 Å². The van der Waals surface area contributed by atoms with Gasteiger partial charge in [-0.05, 0) is 13.3 Å². The predicted octanol–water partition coefficient (Wildman–Crippen LogP) is 1.18. The molecule has 1 heterocycles. The van der Waals surface area contributed by atoms with Gasteiger partial charge >= 0.3 is 6.09 Å². The van der Waals surface area contributed by atoms with Crippen LogP contribution in [0.2, 0.25) is 0 Å². The lowest BCUT2D eigenvalue weighted by atomic mass is 10.1. The van der Waals surface area contributed by atoms with Crippen LogP contribution in [0.15, 0.2) is 0 Å². The molecule has 4 nitrogen and oxygen atoms in total. The summed E-state index contributed by atoms with van der Waals surface area (Å²) in [7, 11) is 0. The lowest BCUT2D eigenvalue weighted by molar-refractivity contribution is -0.121. The molecule has 0 radical (unpaired) electrons. The second kappa shape index (κ2) is 4.60. The molecule has 5 heteroatoms. The van der Waals surface area contributed by atoms with Gasteiger partial charge in [-0.25, -0.2) is 4.79 Å². The molecule has 1 atom stereocenters. The van der Waals surface area contributed by atoms with E-state index in [9.17, 15) is 9.59 Å². The van der Waals surface area contributed by atoms with E-state index in [-0.39, 0.29) is 17.2 Å². The molecule has 1 rings (SSSR count). The molecule has 0 aliphatic carbocycles. The van der Waals surface area contributed by atoms with Crippen LogP contribution in [-0.2, 0) is 9.53 Å². The number of carbonyl (C=O) groups excluding carboxylic acids is 2. The zero-order valence-corrected chi connectivity index (χ0v) is 9.04. The van der Waals surface area contributed by atoms with Crippen molar-refractivity contribution in [2.45, 2.75) is 18.2 Å². The number of ether oxygens (including phenoxy) is 1. The number of Topliss-reactive ketones (excluding diaryl/α,β-unsaturated/α-hetero) is 1. The summed E-state index contributed by atoms with van der Waals surface area (Å²) < 4.78 is 4.78. The maximum absolute atomic E-state index is 11.2. The number of likely N-dealkylation sites (tertiary alicyclic amines) is 1. The summed E-state index contributed by atoms with van der Waals surface area (Å²) in [6, 6.07) is 0. The predicted molar refractivity (Wildman–Crippen MR) is 50.9 cm³/mol. The molecule has 0 aromatic heterocycles. The Morgan fingerprint density at radius 1 is 1.77 bits per heavy atom. The van der Waals surface area contributed by atoms with Crippen LogP contribution in [0.25, 0.3) is 0 Å². The van der Waals surface area contributed by atoms with Gasteiger partial charge in [0.25, 0.3) is 0 Å². The summed E-state index contributed by atoms with van der Waals surface area (Å²) in [5, 5.41) is 0. The number of ketones is 1. The second-order valence-electron chi connectivity index (χ2n) is 2.84. The van der Waals surface area contributed by atoms with Crippen LogP contribution in [0.5, 0.6) is 0 Å². The molecule has 13 heavy (non-hydrogen) atoms. The van der Waals surface area contributed by atoms with Crippen LogP contribution in [-0.4, -0.2) is 41.3 Å². The molecule has 1 saturated heterocycles. The summed E-state index contributed by atoms with van der Waals surface area (Å²) in [6.07, 6.45) is 0.271. The molecule has 1 amide bonds. The van der Waals surface area contributed by atoms with Crippen molar-refractivity contribution in [3.05, 3.63) is 0 Å². The molecule has 0 bridgehead atoms. The highest BCUT2D eigenvalue weighted by atomic mass is 79.9. The Hall–Kier alpha value is -0.580. The highest BCUT2D eigenvalue weighted by Crippen LogP contribution is 2.14. The molecule has 1 fully saturated rings. The minimum Gasteiger partial charge on any atom is -0.450 e. The van der Waals surface area contributed by atoms with Crippen LogP contribution in [0, 0.1) is 0 Å². The molecular formula is C8H12BrNO3. The van der Waals surface area contributed by atoms with E-state index in [1.165, 1.54) is 4.90 Å². The van der Waals surface area contributed by atoms with E-state index < -0.39 is 6.09 Å². The van der Waals surface area contributed by atoms with Gasteiger partial charge in [0.05, 0.1) is 18.0 Å². The van der Waals surface area contributed by atoms with Crippen molar-refractivity contribution in [3.63, 3.8) is 0 Å². The van der Waals surface area contributed by atoms with Gasteiger partial charge in [-0.2, -0.15) is 0 Å². The van der Waals surface area contributed by atoms with Crippen molar-refractivity contribution in [1.82, 2.24) is 4.90 Å². The van der Waals surface area contributed by atoms with E-state index in [0.29, 0.717) is 19.6 Å². The number of carbonyl (C=O) groups is 2. The van der Waals surface area contributed by atoms with Gasteiger partial charge in [-0.15, -0.1) is 0 Å². The molecule has 0 N–H and O–H groups in total. The van der Waals surface area contributed by atoms with E-state index in [4.69, 9.17) is 4.74 Å². The summed E-state index contributed by atoms with van der Waals surface area (Å²) in [5.41, 5.74) is 0. The fraction of sp³-hybridized carbons (Fsp3) is 0.750. The molecule has 0 spiro atoms. The number of hydrogen-bond donors (Lipinski definition) is 0. The Bertz CT molecular complexity index is 219. The van der Waals surface area contributed by atoms with Crippen molar-refractivity contribution in [2.75, 3.05) is 19.7 Å². The quantitative estimate of drug-likeness (QED) is 0.656. The Balaban J connectivity index is 2.45. The van der Waals surface area contributed by atoms with Gasteiger partial charge in [0.15, 0.2) is 5.78 Å². The third-order valence-electron chi connectivity index (χ3n) is 1.87. The van der Waals surface area contributed by atoms with Crippen LogP contribution in [0.1, 0.15) is 13.3 Å². The number of alkyl halides is 1. The zero-order chi connectivity index (χ0) is 9.84. The van der Waals surface area contributed by atoms with E-state index >= 15 is 0 Å². The lowest BCUT2D eigenvalue weighted by Gasteiger charge is -2.27. The van der Waals surface area contributed by atoms with Crippen molar-refractivity contribution in [2.24, 2.45) is 0 Å². The van der Waals surface area contributed by atoms with E-state index in [1.54, 1.807) is 6.92 Å². The highest BCUT2D eigenvalue weighted by Gasteiger charge is 2.28. The maximum Gasteiger partial charge on any atom is 0.410 e. The smallest absolute Gasteiger partial charge is 0.410 e. The van der Waals surface area contributed by atoms with E-state index in [0.717, 1.165) is 0 Å². The first-order valence-corrected chi connectivity index (χ1v) is 5.15. The van der Waals surface area contributed by atoms with Gasteiger partial charge in [-0.1, -0.05) is 15.9 Å². The zero-order valence-electron chi connectivity index (χ0n) is 7.46. The normalized spacial score (nSPS) is 23.1. The number of hydrogen-bond acceptors (Lipinski definition) is 3. The van der Waals surface area contributed by atoms with Gasteiger partial charge in [0.1, 0.15) is 0 Å². The van der Waals surface area contributed by atoms with Gasteiger partial charge in [0, 0.05) is 6.54 Å². The van der Waals surface area contributed by atoms with Crippen molar-refractivity contribution < 1.29 is 14.3 Å². The van der Waals surface area contributed by atoms with E-state index in [2.05, 4.69) is 15.9 Å². The number of amides is 1. The minimum atomic E-state index is -0.393. The minimum absolute atomic E-state index is 0.0410. The number of piperidine rings is 1. The van der Waals surface area contributed by atoms with Crippen LogP contribution in [0.3, 0.4) is 0 Å². The molecule has 0 aromatic rings. The van der Waals surface area contributed by atoms with Gasteiger partial charge in [-0.3, -0.25) is 4.79 Å². The third kappa shape index (κ3) is 2.69. The van der Waals surface area contributed by atoms with Crippen molar-refractivity contribution in [3.8, 4) is 0 Å². The standard InChI is InChI=1S/C8H12BrNO3/c1-2-13-8(12)10-4-3-6(9)7(11)5-10/h6H,2-5H2,1H3. The Kier molecular flexibility index (Phi) is 3.71. The highest BCUT2D eigenvalue weighted by molar-refractivity contribution is 9.10. The fourth-order valence-corrected chi connectivity index (χ4v) is 1.52. The summed E-state index contributed by atoms with van der Waals surface area (Å²) in [4.78, 5) is 23.7. The topological polar surface area (TPSA) is 46.6 Å². The monoisotopic (exact) mass is 249 g/mol. The number of nitrogens with zero attached hydrogens (tertiary/aromatic N) is 1. The molecule has 1 aliphatic rings. The first-order valence-electron chi connectivity index (χ1n) is 4.23. The molecule has 74 valence electrons. The van der Waals surface area contributed by atoms with Crippen LogP contribution < -0.4 is 0 Å². The fourth-order valence-electron chi connectivity index (χ4n) is 1.17. The second-order valence-corrected chi connectivity index (χ2v) is 3.95. The Morgan fingerprint density at radius 2 is 2.46 bits per heavy atom. The summed E-state index contributed by atoms with van der Waals surface area (Å²) in [6.45, 7) is 2.84. The molecule has 0 aromatic carbocycles. The van der Waals surface area contributed by atoms with Gasteiger partial charge < -0.3 is 9.64 Å².